The summed E-state index contributed by atoms with van der Waals surface area (Å²) in [6.45, 7) is 1.56. The maximum atomic E-state index is 6.14. The average molecular weight is 377 g/mol. The van der Waals surface area contributed by atoms with Gasteiger partial charge in [0.05, 0.1) is 23.3 Å². The van der Waals surface area contributed by atoms with E-state index >= 15 is 0 Å². The topological polar surface area (TPSA) is 131 Å². The molecule has 0 saturated carbocycles. The predicted octanol–water partition coefficient (Wildman–Crippen LogP) is 1.67. The Kier molecular flexibility index (Phi) is 3.90. The largest absolute Gasteiger partial charge is 0.421 e. The van der Waals surface area contributed by atoms with Crippen LogP contribution < -0.4 is 20.7 Å². The van der Waals surface area contributed by atoms with Crippen LogP contribution in [0.25, 0.3) is 21.9 Å². The Morgan fingerprint density at radius 2 is 2.14 bits per heavy atom. The van der Waals surface area contributed by atoms with Gasteiger partial charge in [-0.1, -0.05) is 0 Å². The maximum Gasteiger partial charge on any atom is 0.326 e. The third kappa shape index (κ3) is 2.74. The zero-order valence-electron chi connectivity index (χ0n) is 15.3. The van der Waals surface area contributed by atoms with Crippen molar-refractivity contribution in [2.24, 2.45) is 5.73 Å². The van der Waals surface area contributed by atoms with Crippen LogP contribution in [0.5, 0.6) is 11.8 Å². The fourth-order valence-corrected chi connectivity index (χ4v) is 3.57. The Balaban J connectivity index is 1.72. The number of nitrogens with zero attached hydrogens (tertiary/aromatic N) is 6. The molecule has 1 unspecified atom stereocenters. The third-order valence-electron chi connectivity index (χ3n) is 4.84. The van der Waals surface area contributed by atoms with E-state index < -0.39 is 0 Å². The molecule has 0 aromatic carbocycles. The van der Waals surface area contributed by atoms with Crippen molar-refractivity contribution in [2.45, 2.75) is 12.5 Å². The fraction of sp³-hybridized carbons (Fsp3) is 0.278. The minimum absolute atomic E-state index is 0.122. The molecule has 1 atom stereocenters. The van der Waals surface area contributed by atoms with Crippen LogP contribution in [0.15, 0.2) is 31.0 Å². The second-order valence-electron chi connectivity index (χ2n) is 6.68. The van der Waals surface area contributed by atoms with Crippen molar-refractivity contribution < 1.29 is 4.74 Å². The summed E-state index contributed by atoms with van der Waals surface area (Å²) in [6.07, 6.45) is 7.27. The molecule has 1 saturated heterocycles. The van der Waals surface area contributed by atoms with Crippen LogP contribution in [0.3, 0.4) is 0 Å². The summed E-state index contributed by atoms with van der Waals surface area (Å²) in [5.41, 5.74) is 7.69. The van der Waals surface area contributed by atoms with Crippen molar-refractivity contribution >= 4 is 33.6 Å². The molecule has 5 heterocycles. The first-order valence-electron chi connectivity index (χ1n) is 9.02. The van der Waals surface area contributed by atoms with Gasteiger partial charge in [-0.05, 0) is 12.5 Å². The van der Waals surface area contributed by atoms with Crippen LogP contribution in [0, 0.1) is 0 Å². The lowest BCUT2D eigenvalue weighted by Crippen LogP contribution is -2.27. The number of fused-ring (bicyclic) bond motifs is 3. The van der Waals surface area contributed by atoms with Gasteiger partial charge in [0.15, 0.2) is 5.75 Å². The lowest BCUT2D eigenvalue weighted by Gasteiger charge is -2.18. The van der Waals surface area contributed by atoms with E-state index in [-0.39, 0.29) is 12.1 Å². The zero-order chi connectivity index (χ0) is 19.1. The van der Waals surface area contributed by atoms with Gasteiger partial charge in [-0.25, -0.2) is 15.0 Å². The molecule has 10 heteroatoms. The number of nitrogens with two attached hydrogens (primary N) is 1. The summed E-state index contributed by atoms with van der Waals surface area (Å²) in [5.74, 6) is 2.02. The zero-order valence-corrected chi connectivity index (χ0v) is 15.3. The van der Waals surface area contributed by atoms with Crippen molar-refractivity contribution in [3.8, 4) is 11.8 Å². The van der Waals surface area contributed by atoms with Crippen LogP contribution in [0.2, 0.25) is 0 Å². The lowest BCUT2D eigenvalue weighted by atomic mass is 10.2. The number of aromatic amines is 1. The maximum absolute atomic E-state index is 6.14. The molecular formula is C18H19N9O. The van der Waals surface area contributed by atoms with E-state index in [0.717, 1.165) is 47.4 Å². The first kappa shape index (κ1) is 16.6. The molecule has 4 aromatic heterocycles. The number of ether oxygens (including phenoxy) is 1. The highest BCUT2D eigenvalue weighted by atomic mass is 16.5. The van der Waals surface area contributed by atoms with Crippen LogP contribution in [-0.2, 0) is 0 Å². The highest BCUT2D eigenvalue weighted by Crippen LogP contribution is 2.36. The normalized spacial score (nSPS) is 16.8. The number of nitrogens with one attached hydrogen (secondary N) is 2. The summed E-state index contributed by atoms with van der Waals surface area (Å²) >= 11 is 0. The molecule has 1 fully saturated rings. The van der Waals surface area contributed by atoms with Crippen molar-refractivity contribution in [2.75, 3.05) is 30.4 Å². The molecule has 0 amide bonds. The van der Waals surface area contributed by atoms with E-state index in [4.69, 9.17) is 15.5 Å². The van der Waals surface area contributed by atoms with Gasteiger partial charge in [0.1, 0.15) is 23.6 Å². The molecule has 142 valence electrons. The molecule has 4 N–H and O–H groups in total. The minimum Gasteiger partial charge on any atom is -0.421 e. The SMILES string of the molecule is CNc1nccc2c1[nH]c1nc(Oc3cncnc3)nc(N3CCC(N)C3)c12. The number of H-pyrrole nitrogens is 1. The Morgan fingerprint density at radius 1 is 1.29 bits per heavy atom. The molecule has 0 radical (unpaired) electrons. The fourth-order valence-electron chi connectivity index (χ4n) is 3.57. The molecule has 5 rings (SSSR count). The van der Waals surface area contributed by atoms with E-state index in [2.05, 4.69) is 35.1 Å². The van der Waals surface area contributed by atoms with Gasteiger partial charge < -0.3 is 25.7 Å². The van der Waals surface area contributed by atoms with Gasteiger partial charge in [-0.2, -0.15) is 9.97 Å². The van der Waals surface area contributed by atoms with Gasteiger partial charge in [0, 0.05) is 37.8 Å². The molecule has 0 bridgehead atoms. The van der Waals surface area contributed by atoms with E-state index in [0.29, 0.717) is 11.4 Å². The van der Waals surface area contributed by atoms with E-state index in [1.807, 2.05) is 13.1 Å². The third-order valence-corrected chi connectivity index (χ3v) is 4.84. The Morgan fingerprint density at radius 3 is 2.89 bits per heavy atom. The molecule has 10 nitrogen and oxygen atoms in total. The summed E-state index contributed by atoms with van der Waals surface area (Å²) in [6, 6.07) is 2.31. The molecule has 1 aliphatic rings. The van der Waals surface area contributed by atoms with E-state index in [9.17, 15) is 0 Å². The lowest BCUT2D eigenvalue weighted by molar-refractivity contribution is 0.439. The Labute approximate surface area is 160 Å². The molecular weight excluding hydrogens is 358 g/mol. The highest BCUT2D eigenvalue weighted by Gasteiger charge is 2.26. The van der Waals surface area contributed by atoms with Gasteiger partial charge in [-0.15, -0.1) is 0 Å². The molecule has 4 aromatic rings. The molecule has 28 heavy (non-hydrogen) atoms. The quantitative estimate of drug-likeness (QED) is 0.486. The number of rotatable bonds is 4. The van der Waals surface area contributed by atoms with Gasteiger partial charge in [0.2, 0.25) is 0 Å². The van der Waals surface area contributed by atoms with Crippen molar-refractivity contribution in [3.63, 3.8) is 0 Å². The molecule has 0 spiro atoms. The number of hydrogen-bond donors (Lipinski definition) is 3. The second-order valence-corrected chi connectivity index (χ2v) is 6.68. The standard InChI is InChI=1S/C18H19N9O/c1-20-16-14-12(2-4-23-16)13-15(24-14)25-18(28-11-6-21-9-22-7-11)26-17(13)27-5-3-10(19)8-27/h2,4,6-7,9-10H,3,5,8,19H2,1H3,(H,20,23)(H,24,25,26). The van der Waals surface area contributed by atoms with E-state index in [1.54, 1.807) is 18.6 Å². The van der Waals surface area contributed by atoms with Crippen LogP contribution in [0.1, 0.15) is 6.42 Å². The first-order chi connectivity index (χ1) is 13.7. The van der Waals surface area contributed by atoms with Crippen LogP contribution in [0.4, 0.5) is 11.6 Å². The molecule has 0 aliphatic carbocycles. The van der Waals surface area contributed by atoms with Crippen molar-refractivity contribution in [1.29, 1.82) is 0 Å². The van der Waals surface area contributed by atoms with Gasteiger partial charge in [-0.3, -0.25) is 0 Å². The second kappa shape index (κ2) is 6.57. The summed E-state index contributed by atoms with van der Waals surface area (Å²) < 4.78 is 5.81. The summed E-state index contributed by atoms with van der Waals surface area (Å²) in [7, 11) is 1.84. The number of anilines is 2. The number of aromatic nitrogens is 6. The number of pyridine rings is 1. The Bertz CT molecular complexity index is 1140. The predicted molar refractivity (Wildman–Crippen MR) is 106 cm³/mol. The highest BCUT2D eigenvalue weighted by molar-refractivity contribution is 6.14. The first-order valence-corrected chi connectivity index (χ1v) is 9.02. The Hall–Kier alpha value is -3.53. The summed E-state index contributed by atoms with van der Waals surface area (Å²) in [5, 5.41) is 5.04. The van der Waals surface area contributed by atoms with Gasteiger partial charge in [0.25, 0.3) is 0 Å². The monoisotopic (exact) mass is 377 g/mol. The van der Waals surface area contributed by atoms with Crippen molar-refractivity contribution in [3.05, 3.63) is 31.0 Å². The molecule has 1 aliphatic heterocycles. The minimum atomic E-state index is 0.122. The average Bonchev–Trinajstić information content (AvgIpc) is 3.31. The number of hydrogen-bond acceptors (Lipinski definition) is 9. The van der Waals surface area contributed by atoms with E-state index in [1.165, 1.54) is 6.33 Å². The van der Waals surface area contributed by atoms with Crippen molar-refractivity contribution in [1.82, 2.24) is 29.9 Å². The van der Waals surface area contributed by atoms with Gasteiger partial charge >= 0.3 is 6.01 Å². The van der Waals surface area contributed by atoms with Crippen LogP contribution in [-0.4, -0.2) is 56.1 Å². The summed E-state index contributed by atoms with van der Waals surface area (Å²) in [4.78, 5) is 27.1. The van der Waals surface area contributed by atoms with Crippen LogP contribution >= 0.6 is 0 Å². The smallest absolute Gasteiger partial charge is 0.326 e.